The zero-order valence-corrected chi connectivity index (χ0v) is 11.4. The number of hydrogen-bond donors (Lipinski definition) is 2. The second-order valence-electron chi connectivity index (χ2n) is 5.20. The standard InChI is InChI=1S/C14H20ClNO2/c1-10(16)11-4-5-13(12(15)8-11)18-9-14(17)6-2-3-7-14/h4-5,8,10,17H,2-3,6-7,9,16H2,1H3/t10-/m1/s1. The number of hydrogen-bond acceptors (Lipinski definition) is 3. The van der Waals surface area contributed by atoms with Crippen LogP contribution >= 0.6 is 11.6 Å². The minimum atomic E-state index is -0.677. The molecule has 0 radical (unpaired) electrons. The summed E-state index contributed by atoms with van der Waals surface area (Å²) in [5.41, 5.74) is 6.09. The van der Waals surface area contributed by atoms with Crippen LogP contribution in [0.1, 0.15) is 44.2 Å². The first kappa shape index (κ1) is 13.7. The van der Waals surface area contributed by atoms with E-state index in [0.29, 0.717) is 17.4 Å². The second-order valence-corrected chi connectivity index (χ2v) is 5.61. The van der Waals surface area contributed by atoms with Gasteiger partial charge in [-0.3, -0.25) is 0 Å². The predicted molar refractivity (Wildman–Crippen MR) is 73.0 cm³/mol. The molecule has 0 aliphatic heterocycles. The number of rotatable bonds is 4. The number of aliphatic hydroxyl groups is 1. The second kappa shape index (κ2) is 5.47. The van der Waals surface area contributed by atoms with Crippen LogP contribution in [0, 0.1) is 0 Å². The van der Waals surface area contributed by atoms with Gasteiger partial charge in [-0.15, -0.1) is 0 Å². The van der Waals surface area contributed by atoms with E-state index in [4.69, 9.17) is 22.1 Å². The van der Waals surface area contributed by atoms with Gasteiger partial charge in [-0.1, -0.05) is 30.5 Å². The Kier molecular flexibility index (Phi) is 4.15. The number of benzene rings is 1. The van der Waals surface area contributed by atoms with Crippen LogP contribution in [-0.2, 0) is 0 Å². The molecular weight excluding hydrogens is 250 g/mol. The molecule has 1 aliphatic rings. The van der Waals surface area contributed by atoms with Gasteiger partial charge in [0.15, 0.2) is 0 Å². The van der Waals surface area contributed by atoms with E-state index in [-0.39, 0.29) is 6.04 Å². The topological polar surface area (TPSA) is 55.5 Å². The van der Waals surface area contributed by atoms with Crippen molar-refractivity contribution in [3.63, 3.8) is 0 Å². The van der Waals surface area contributed by atoms with E-state index in [0.717, 1.165) is 31.2 Å². The summed E-state index contributed by atoms with van der Waals surface area (Å²) in [7, 11) is 0. The van der Waals surface area contributed by atoms with Crippen LogP contribution in [0.25, 0.3) is 0 Å². The van der Waals surface area contributed by atoms with Crippen LogP contribution < -0.4 is 10.5 Å². The minimum absolute atomic E-state index is 0.0458. The van der Waals surface area contributed by atoms with Crippen molar-refractivity contribution in [3.8, 4) is 5.75 Å². The van der Waals surface area contributed by atoms with Gasteiger partial charge in [-0.05, 0) is 37.5 Å². The summed E-state index contributed by atoms with van der Waals surface area (Å²) < 4.78 is 5.64. The molecule has 1 aliphatic carbocycles. The summed E-state index contributed by atoms with van der Waals surface area (Å²) in [5.74, 6) is 0.612. The van der Waals surface area contributed by atoms with Crippen LogP contribution in [0.3, 0.4) is 0 Å². The highest BCUT2D eigenvalue weighted by Crippen LogP contribution is 2.32. The molecule has 18 heavy (non-hydrogen) atoms. The van der Waals surface area contributed by atoms with Crippen molar-refractivity contribution in [2.24, 2.45) is 5.73 Å². The molecule has 4 heteroatoms. The number of nitrogens with two attached hydrogens (primary N) is 1. The quantitative estimate of drug-likeness (QED) is 0.883. The molecule has 1 fully saturated rings. The largest absolute Gasteiger partial charge is 0.489 e. The third kappa shape index (κ3) is 3.16. The Hall–Kier alpha value is -0.770. The SMILES string of the molecule is C[C@@H](N)c1ccc(OCC2(O)CCCC2)c(Cl)c1. The van der Waals surface area contributed by atoms with E-state index in [1.54, 1.807) is 0 Å². The Morgan fingerprint density at radius 1 is 1.44 bits per heavy atom. The minimum Gasteiger partial charge on any atom is -0.489 e. The van der Waals surface area contributed by atoms with E-state index < -0.39 is 5.60 Å². The highest BCUT2D eigenvalue weighted by molar-refractivity contribution is 6.32. The van der Waals surface area contributed by atoms with Gasteiger partial charge in [0, 0.05) is 6.04 Å². The van der Waals surface area contributed by atoms with Crippen LogP contribution in [-0.4, -0.2) is 17.3 Å². The lowest BCUT2D eigenvalue weighted by Crippen LogP contribution is -2.32. The van der Waals surface area contributed by atoms with E-state index in [1.165, 1.54) is 0 Å². The van der Waals surface area contributed by atoms with Gasteiger partial charge >= 0.3 is 0 Å². The maximum absolute atomic E-state index is 10.2. The third-order valence-electron chi connectivity index (χ3n) is 3.51. The van der Waals surface area contributed by atoms with Crippen molar-refractivity contribution in [1.82, 2.24) is 0 Å². The van der Waals surface area contributed by atoms with Crippen molar-refractivity contribution in [2.75, 3.05) is 6.61 Å². The van der Waals surface area contributed by atoms with Crippen LogP contribution in [0.2, 0.25) is 5.02 Å². The predicted octanol–water partition coefficient (Wildman–Crippen LogP) is 3.04. The number of halogens is 1. The lowest BCUT2D eigenvalue weighted by Gasteiger charge is -2.22. The Balaban J connectivity index is 2.01. The van der Waals surface area contributed by atoms with Gasteiger partial charge in [0.2, 0.25) is 0 Å². The maximum Gasteiger partial charge on any atom is 0.138 e. The molecule has 0 amide bonds. The maximum atomic E-state index is 10.2. The fourth-order valence-corrected chi connectivity index (χ4v) is 2.55. The molecule has 1 aromatic carbocycles. The molecule has 0 spiro atoms. The van der Waals surface area contributed by atoms with Crippen LogP contribution in [0.4, 0.5) is 0 Å². The molecule has 100 valence electrons. The molecule has 0 aromatic heterocycles. The summed E-state index contributed by atoms with van der Waals surface area (Å²) in [5, 5.41) is 10.7. The van der Waals surface area contributed by atoms with Crippen molar-refractivity contribution < 1.29 is 9.84 Å². The molecule has 0 unspecified atom stereocenters. The summed E-state index contributed by atoms with van der Waals surface area (Å²) in [6.45, 7) is 2.22. The molecule has 1 saturated carbocycles. The highest BCUT2D eigenvalue weighted by atomic mass is 35.5. The zero-order chi connectivity index (χ0) is 13.2. The lowest BCUT2D eigenvalue weighted by molar-refractivity contribution is 0.00144. The number of ether oxygens (including phenoxy) is 1. The van der Waals surface area contributed by atoms with Crippen molar-refractivity contribution in [1.29, 1.82) is 0 Å². The van der Waals surface area contributed by atoms with E-state index in [2.05, 4.69) is 0 Å². The van der Waals surface area contributed by atoms with Gasteiger partial charge in [0.1, 0.15) is 12.4 Å². The van der Waals surface area contributed by atoms with E-state index in [9.17, 15) is 5.11 Å². The Morgan fingerprint density at radius 3 is 2.67 bits per heavy atom. The summed E-state index contributed by atoms with van der Waals surface area (Å²) in [6.07, 6.45) is 3.75. The molecule has 2 rings (SSSR count). The molecule has 3 nitrogen and oxygen atoms in total. The average Bonchev–Trinajstić information content (AvgIpc) is 2.75. The molecule has 1 aromatic rings. The summed E-state index contributed by atoms with van der Waals surface area (Å²) >= 11 is 6.14. The van der Waals surface area contributed by atoms with Crippen molar-refractivity contribution >= 4 is 11.6 Å². The third-order valence-corrected chi connectivity index (χ3v) is 3.81. The molecule has 1 atom stereocenters. The fraction of sp³-hybridized carbons (Fsp3) is 0.571. The zero-order valence-electron chi connectivity index (χ0n) is 10.7. The Bertz CT molecular complexity index is 414. The van der Waals surface area contributed by atoms with Gasteiger partial charge in [-0.25, -0.2) is 0 Å². The van der Waals surface area contributed by atoms with E-state index in [1.807, 2.05) is 25.1 Å². The Morgan fingerprint density at radius 2 is 2.11 bits per heavy atom. The molecule has 0 heterocycles. The average molecular weight is 270 g/mol. The van der Waals surface area contributed by atoms with Crippen molar-refractivity contribution in [2.45, 2.75) is 44.2 Å². The van der Waals surface area contributed by atoms with Crippen LogP contribution in [0.5, 0.6) is 5.75 Å². The highest BCUT2D eigenvalue weighted by Gasteiger charge is 2.32. The molecule has 0 saturated heterocycles. The van der Waals surface area contributed by atoms with Gasteiger partial charge < -0.3 is 15.6 Å². The first-order valence-corrected chi connectivity index (χ1v) is 6.78. The molecular formula is C14H20ClNO2. The van der Waals surface area contributed by atoms with E-state index >= 15 is 0 Å². The fourth-order valence-electron chi connectivity index (χ4n) is 2.31. The van der Waals surface area contributed by atoms with Crippen molar-refractivity contribution in [3.05, 3.63) is 28.8 Å². The monoisotopic (exact) mass is 269 g/mol. The van der Waals surface area contributed by atoms with Gasteiger partial charge in [0.05, 0.1) is 10.6 Å². The smallest absolute Gasteiger partial charge is 0.138 e. The Labute approximate surface area is 113 Å². The van der Waals surface area contributed by atoms with Gasteiger partial charge in [0.25, 0.3) is 0 Å². The lowest BCUT2D eigenvalue weighted by atomic mass is 10.0. The first-order chi connectivity index (χ1) is 8.50. The normalized spacial score (nSPS) is 19.8. The molecule has 3 N–H and O–H groups in total. The summed E-state index contributed by atoms with van der Waals surface area (Å²) in [6, 6.07) is 5.50. The summed E-state index contributed by atoms with van der Waals surface area (Å²) in [4.78, 5) is 0. The molecule has 0 bridgehead atoms. The van der Waals surface area contributed by atoms with Gasteiger partial charge in [-0.2, -0.15) is 0 Å². The van der Waals surface area contributed by atoms with Crippen LogP contribution in [0.15, 0.2) is 18.2 Å². The first-order valence-electron chi connectivity index (χ1n) is 6.40.